The van der Waals surface area contributed by atoms with Gasteiger partial charge in [-0.3, -0.25) is 0 Å². The second-order valence-corrected chi connectivity index (χ2v) is 4.92. The molecule has 18 heavy (non-hydrogen) atoms. The van der Waals surface area contributed by atoms with Crippen molar-refractivity contribution in [3.8, 4) is 0 Å². The summed E-state index contributed by atoms with van der Waals surface area (Å²) in [4.78, 5) is 15.4. The predicted molar refractivity (Wildman–Crippen MR) is 67.5 cm³/mol. The van der Waals surface area contributed by atoms with Crippen LogP contribution in [0.15, 0.2) is 10.7 Å². The first-order chi connectivity index (χ1) is 8.69. The van der Waals surface area contributed by atoms with Crippen molar-refractivity contribution in [2.24, 2.45) is 11.8 Å². The van der Waals surface area contributed by atoms with Crippen LogP contribution in [-0.2, 0) is 4.74 Å². The Balaban J connectivity index is 1.81. The quantitative estimate of drug-likeness (QED) is 0.816. The van der Waals surface area contributed by atoms with Gasteiger partial charge in [0, 0.05) is 6.54 Å². The van der Waals surface area contributed by atoms with Gasteiger partial charge in [0.2, 0.25) is 0 Å². The third kappa shape index (κ3) is 3.24. The molecule has 2 atom stereocenters. The smallest absolute Gasteiger partial charge is 0.360 e. The number of esters is 1. The monoisotopic (exact) mass is 252 g/mol. The van der Waals surface area contributed by atoms with Crippen LogP contribution in [-0.4, -0.2) is 24.1 Å². The van der Waals surface area contributed by atoms with E-state index in [1.807, 2.05) is 0 Å². The molecular formula is C13H20N2O3. The largest absolute Gasteiger partial charge is 0.461 e. The molecule has 1 aliphatic rings. The molecular weight excluding hydrogens is 232 g/mol. The van der Waals surface area contributed by atoms with Gasteiger partial charge in [-0.25, -0.2) is 4.79 Å². The van der Waals surface area contributed by atoms with Gasteiger partial charge in [-0.2, -0.15) is 4.98 Å². The average molecular weight is 252 g/mol. The van der Waals surface area contributed by atoms with Crippen molar-refractivity contribution in [3.05, 3.63) is 12.0 Å². The molecule has 1 N–H and O–H groups in total. The standard InChI is InChI=1S/C13H20N2O3/c1-3-17-12(16)11-8-18-13(15-11)14-7-10-5-4-9(2)6-10/h8-10H,3-7H2,1-2H3,(H,14,15). The fourth-order valence-corrected chi connectivity index (χ4v) is 2.40. The lowest BCUT2D eigenvalue weighted by Gasteiger charge is -2.08. The van der Waals surface area contributed by atoms with E-state index in [9.17, 15) is 4.79 Å². The third-order valence-electron chi connectivity index (χ3n) is 3.33. The van der Waals surface area contributed by atoms with Gasteiger partial charge in [0.05, 0.1) is 6.61 Å². The number of carbonyl (C=O) groups is 1. The first kappa shape index (κ1) is 12.9. The molecule has 0 spiro atoms. The van der Waals surface area contributed by atoms with Crippen LogP contribution in [0.4, 0.5) is 6.01 Å². The number of hydrogen-bond acceptors (Lipinski definition) is 5. The number of hydrogen-bond donors (Lipinski definition) is 1. The van der Waals surface area contributed by atoms with E-state index in [4.69, 9.17) is 9.15 Å². The number of carbonyl (C=O) groups excluding carboxylic acids is 1. The molecule has 0 aliphatic heterocycles. The maximum atomic E-state index is 11.4. The molecule has 1 fully saturated rings. The van der Waals surface area contributed by atoms with E-state index in [0.29, 0.717) is 18.5 Å². The van der Waals surface area contributed by atoms with Crippen LogP contribution in [0.3, 0.4) is 0 Å². The third-order valence-corrected chi connectivity index (χ3v) is 3.33. The van der Waals surface area contributed by atoms with Crippen LogP contribution in [0.2, 0.25) is 0 Å². The van der Waals surface area contributed by atoms with Crippen molar-refractivity contribution in [1.82, 2.24) is 4.98 Å². The van der Waals surface area contributed by atoms with Crippen LogP contribution in [0.1, 0.15) is 43.6 Å². The lowest BCUT2D eigenvalue weighted by atomic mass is 10.1. The van der Waals surface area contributed by atoms with E-state index in [2.05, 4.69) is 17.2 Å². The summed E-state index contributed by atoms with van der Waals surface area (Å²) in [5.74, 6) is 1.05. The Morgan fingerprint density at radius 2 is 2.44 bits per heavy atom. The molecule has 0 bridgehead atoms. The molecule has 1 aromatic rings. The van der Waals surface area contributed by atoms with Crippen LogP contribution < -0.4 is 5.32 Å². The lowest BCUT2D eigenvalue weighted by Crippen LogP contribution is -2.12. The van der Waals surface area contributed by atoms with Crippen LogP contribution in [0.25, 0.3) is 0 Å². The molecule has 1 aliphatic carbocycles. The molecule has 0 aromatic carbocycles. The highest BCUT2D eigenvalue weighted by Gasteiger charge is 2.21. The number of nitrogens with one attached hydrogen (secondary N) is 1. The maximum absolute atomic E-state index is 11.4. The molecule has 1 saturated carbocycles. The second-order valence-electron chi connectivity index (χ2n) is 4.92. The van der Waals surface area contributed by atoms with E-state index in [-0.39, 0.29) is 5.69 Å². The van der Waals surface area contributed by atoms with Crippen molar-refractivity contribution >= 4 is 12.0 Å². The number of ether oxygens (including phenoxy) is 1. The summed E-state index contributed by atoms with van der Waals surface area (Å²) >= 11 is 0. The summed E-state index contributed by atoms with van der Waals surface area (Å²) in [6.07, 6.45) is 5.13. The summed E-state index contributed by atoms with van der Waals surface area (Å²) in [6, 6.07) is 0.401. The molecule has 2 rings (SSSR count). The molecule has 5 heteroatoms. The number of rotatable bonds is 5. The Hall–Kier alpha value is -1.52. The van der Waals surface area contributed by atoms with Gasteiger partial charge in [0.1, 0.15) is 6.26 Å². The SMILES string of the molecule is CCOC(=O)c1coc(NCC2CCC(C)C2)n1. The Morgan fingerprint density at radius 1 is 1.61 bits per heavy atom. The molecule has 5 nitrogen and oxygen atoms in total. The van der Waals surface area contributed by atoms with Crippen molar-refractivity contribution in [2.45, 2.75) is 33.1 Å². The van der Waals surface area contributed by atoms with E-state index >= 15 is 0 Å². The van der Waals surface area contributed by atoms with Gasteiger partial charge in [-0.1, -0.05) is 13.3 Å². The molecule has 0 radical (unpaired) electrons. The molecule has 2 unspecified atom stereocenters. The minimum atomic E-state index is -0.441. The van der Waals surface area contributed by atoms with Gasteiger partial charge in [-0.05, 0) is 31.6 Å². The van der Waals surface area contributed by atoms with Crippen molar-refractivity contribution < 1.29 is 13.9 Å². The molecule has 1 heterocycles. The van der Waals surface area contributed by atoms with Gasteiger partial charge >= 0.3 is 5.97 Å². The number of oxazole rings is 1. The van der Waals surface area contributed by atoms with E-state index < -0.39 is 5.97 Å². The highest BCUT2D eigenvalue weighted by molar-refractivity contribution is 5.87. The van der Waals surface area contributed by atoms with Gasteiger partial charge in [0.25, 0.3) is 6.01 Å². The summed E-state index contributed by atoms with van der Waals surface area (Å²) in [6.45, 7) is 5.24. The van der Waals surface area contributed by atoms with Crippen molar-refractivity contribution in [1.29, 1.82) is 0 Å². The van der Waals surface area contributed by atoms with E-state index in [1.165, 1.54) is 25.5 Å². The van der Waals surface area contributed by atoms with Gasteiger partial charge in [-0.15, -0.1) is 0 Å². The maximum Gasteiger partial charge on any atom is 0.360 e. The van der Waals surface area contributed by atoms with Crippen LogP contribution in [0.5, 0.6) is 0 Å². The van der Waals surface area contributed by atoms with Crippen molar-refractivity contribution in [3.63, 3.8) is 0 Å². The summed E-state index contributed by atoms with van der Waals surface area (Å²) < 4.78 is 10.0. The topological polar surface area (TPSA) is 64.4 Å². The highest BCUT2D eigenvalue weighted by atomic mass is 16.5. The zero-order valence-electron chi connectivity index (χ0n) is 10.9. The summed E-state index contributed by atoms with van der Waals surface area (Å²) in [5.41, 5.74) is 0.221. The van der Waals surface area contributed by atoms with Gasteiger partial charge < -0.3 is 14.5 Å². The van der Waals surface area contributed by atoms with Crippen LogP contribution >= 0.6 is 0 Å². The molecule has 100 valence electrons. The van der Waals surface area contributed by atoms with Crippen molar-refractivity contribution in [2.75, 3.05) is 18.5 Å². The van der Waals surface area contributed by atoms with Crippen LogP contribution in [0, 0.1) is 11.8 Å². The van der Waals surface area contributed by atoms with Gasteiger partial charge in [0.15, 0.2) is 5.69 Å². The Kier molecular flexibility index (Phi) is 4.23. The highest BCUT2D eigenvalue weighted by Crippen LogP contribution is 2.30. The molecule has 1 aromatic heterocycles. The van der Waals surface area contributed by atoms with E-state index in [0.717, 1.165) is 12.5 Å². The Morgan fingerprint density at radius 3 is 3.11 bits per heavy atom. The van der Waals surface area contributed by atoms with E-state index in [1.54, 1.807) is 6.92 Å². The minimum Gasteiger partial charge on any atom is -0.461 e. The fourth-order valence-electron chi connectivity index (χ4n) is 2.40. The Labute approximate surface area is 107 Å². The molecule has 0 saturated heterocycles. The number of nitrogens with zero attached hydrogens (tertiary/aromatic N) is 1. The normalized spacial score (nSPS) is 23.0. The second kappa shape index (κ2) is 5.89. The summed E-state index contributed by atoms with van der Waals surface area (Å²) in [7, 11) is 0. The fraction of sp³-hybridized carbons (Fsp3) is 0.692. The minimum absolute atomic E-state index is 0.221. The first-order valence-electron chi connectivity index (χ1n) is 6.55. The number of aromatic nitrogens is 1. The predicted octanol–water partition coefficient (Wildman–Crippen LogP) is 2.70. The first-order valence-corrected chi connectivity index (χ1v) is 6.55. The average Bonchev–Trinajstić information content (AvgIpc) is 2.95. The zero-order valence-corrected chi connectivity index (χ0v) is 10.9. The molecule has 0 amide bonds. The Bertz CT molecular complexity index is 403. The summed E-state index contributed by atoms with van der Waals surface area (Å²) in [5, 5.41) is 3.14. The zero-order chi connectivity index (χ0) is 13.0. The number of anilines is 1. The lowest BCUT2D eigenvalue weighted by molar-refractivity contribution is 0.0519.